The molecule has 1 fully saturated rings. The molecule has 3 aromatic rings. The van der Waals surface area contributed by atoms with Gasteiger partial charge in [0.15, 0.2) is 0 Å². The highest BCUT2D eigenvalue weighted by atomic mass is 16.5. The Morgan fingerprint density at radius 3 is 2.28 bits per heavy atom. The quantitative estimate of drug-likeness (QED) is 0.660. The van der Waals surface area contributed by atoms with Crippen LogP contribution < -0.4 is 15.0 Å². The lowest BCUT2D eigenvalue weighted by molar-refractivity contribution is 0.0746. The number of hydrogen-bond donors (Lipinski definition) is 1. The largest absolute Gasteiger partial charge is 0.497 e. The van der Waals surface area contributed by atoms with Crippen LogP contribution in [-0.2, 0) is 0 Å². The lowest BCUT2D eigenvalue weighted by Crippen LogP contribution is -2.48. The van der Waals surface area contributed by atoms with Gasteiger partial charge in [0, 0.05) is 48.7 Å². The van der Waals surface area contributed by atoms with Crippen molar-refractivity contribution < 1.29 is 14.3 Å². The van der Waals surface area contributed by atoms with E-state index in [2.05, 4.69) is 10.2 Å². The van der Waals surface area contributed by atoms with Crippen molar-refractivity contribution in [2.45, 2.75) is 6.92 Å². The van der Waals surface area contributed by atoms with Gasteiger partial charge in [-0.15, -0.1) is 0 Å². The van der Waals surface area contributed by atoms with Crippen molar-refractivity contribution in [2.75, 3.05) is 43.5 Å². The molecule has 164 valence electrons. The van der Waals surface area contributed by atoms with Crippen LogP contribution in [0.4, 0.5) is 11.4 Å². The van der Waals surface area contributed by atoms with Crippen LogP contribution in [-0.4, -0.2) is 50.0 Å². The third-order valence-corrected chi connectivity index (χ3v) is 5.76. The van der Waals surface area contributed by atoms with Gasteiger partial charge < -0.3 is 19.9 Å². The van der Waals surface area contributed by atoms with Crippen LogP contribution in [0.15, 0.2) is 72.8 Å². The van der Waals surface area contributed by atoms with Crippen LogP contribution in [0.1, 0.15) is 26.3 Å². The van der Waals surface area contributed by atoms with Crippen LogP contribution >= 0.6 is 0 Å². The van der Waals surface area contributed by atoms with Crippen LogP contribution in [0.2, 0.25) is 0 Å². The summed E-state index contributed by atoms with van der Waals surface area (Å²) in [5.74, 6) is 0.561. The number of benzene rings is 3. The highest BCUT2D eigenvalue weighted by molar-refractivity contribution is 6.04. The molecule has 1 aliphatic heterocycles. The Hall–Kier alpha value is -3.80. The Kier molecular flexibility index (Phi) is 6.40. The van der Waals surface area contributed by atoms with Gasteiger partial charge in [0.2, 0.25) is 0 Å². The minimum Gasteiger partial charge on any atom is -0.497 e. The van der Waals surface area contributed by atoms with Gasteiger partial charge >= 0.3 is 0 Å². The van der Waals surface area contributed by atoms with Gasteiger partial charge in [-0.3, -0.25) is 9.59 Å². The van der Waals surface area contributed by atoms with Crippen LogP contribution in [0, 0.1) is 6.92 Å². The molecule has 3 aromatic carbocycles. The number of amides is 2. The molecule has 0 aliphatic carbocycles. The number of carbonyl (C=O) groups is 2. The molecule has 1 aliphatic rings. The second-order valence-electron chi connectivity index (χ2n) is 7.83. The number of anilines is 2. The first-order chi connectivity index (χ1) is 15.5. The summed E-state index contributed by atoms with van der Waals surface area (Å²) < 4.78 is 5.18. The van der Waals surface area contributed by atoms with E-state index in [1.165, 1.54) is 0 Å². The fourth-order valence-electron chi connectivity index (χ4n) is 3.87. The van der Waals surface area contributed by atoms with E-state index in [-0.39, 0.29) is 11.8 Å². The molecule has 0 spiro atoms. The minimum atomic E-state index is -0.181. The Morgan fingerprint density at radius 1 is 0.875 bits per heavy atom. The zero-order chi connectivity index (χ0) is 22.5. The second kappa shape index (κ2) is 9.56. The summed E-state index contributed by atoms with van der Waals surface area (Å²) in [5, 5.41) is 2.92. The van der Waals surface area contributed by atoms with E-state index < -0.39 is 0 Å². The summed E-state index contributed by atoms with van der Waals surface area (Å²) in [4.78, 5) is 29.5. The van der Waals surface area contributed by atoms with E-state index >= 15 is 0 Å². The smallest absolute Gasteiger partial charge is 0.255 e. The zero-order valence-electron chi connectivity index (χ0n) is 18.4. The Bertz CT molecular complexity index is 1100. The average molecular weight is 430 g/mol. The Morgan fingerprint density at radius 2 is 1.59 bits per heavy atom. The highest BCUT2D eigenvalue weighted by Gasteiger charge is 2.23. The predicted octanol–water partition coefficient (Wildman–Crippen LogP) is 4.22. The minimum absolute atomic E-state index is 0.0957. The van der Waals surface area contributed by atoms with Crippen molar-refractivity contribution in [3.05, 3.63) is 89.5 Å². The molecule has 0 radical (unpaired) electrons. The van der Waals surface area contributed by atoms with Crippen LogP contribution in [0.25, 0.3) is 0 Å². The molecule has 1 heterocycles. The van der Waals surface area contributed by atoms with Crippen molar-refractivity contribution in [3.63, 3.8) is 0 Å². The maximum absolute atomic E-state index is 12.8. The van der Waals surface area contributed by atoms with E-state index in [0.29, 0.717) is 24.4 Å². The van der Waals surface area contributed by atoms with Gasteiger partial charge in [-0.1, -0.05) is 24.3 Å². The van der Waals surface area contributed by atoms with Gasteiger partial charge in [0.25, 0.3) is 11.8 Å². The molecule has 0 atom stereocenters. The second-order valence-corrected chi connectivity index (χ2v) is 7.83. The first-order valence-electron chi connectivity index (χ1n) is 10.7. The molecule has 6 nitrogen and oxygen atoms in total. The molecule has 0 unspecified atom stereocenters. The van der Waals surface area contributed by atoms with Gasteiger partial charge in [0.05, 0.1) is 7.11 Å². The third-order valence-electron chi connectivity index (χ3n) is 5.76. The third kappa shape index (κ3) is 4.75. The fraction of sp³-hybridized carbons (Fsp3) is 0.231. The van der Waals surface area contributed by atoms with Crippen molar-refractivity contribution in [3.8, 4) is 5.75 Å². The van der Waals surface area contributed by atoms with Crippen molar-refractivity contribution >= 4 is 23.2 Å². The Labute approximate surface area is 188 Å². The fourth-order valence-corrected chi connectivity index (χ4v) is 3.87. The molecular weight excluding hydrogens is 402 g/mol. The lowest BCUT2D eigenvalue weighted by Gasteiger charge is -2.36. The first kappa shape index (κ1) is 21.4. The molecule has 2 amide bonds. The summed E-state index contributed by atoms with van der Waals surface area (Å²) >= 11 is 0. The van der Waals surface area contributed by atoms with Gasteiger partial charge in [-0.2, -0.15) is 0 Å². The Balaban J connectivity index is 1.34. The SMILES string of the molecule is COc1cccc(C(=O)Nc2ccc(N3CCN(C(=O)c4ccccc4C)CC3)cc2)c1. The van der Waals surface area contributed by atoms with Gasteiger partial charge in [0.1, 0.15) is 5.75 Å². The van der Waals surface area contributed by atoms with Crippen LogP contribution in [0.3, 0.4) is 0 Å². The van der Waals surface area contributed by atoms with E-state index in [0.717, 1.165) is 35.6 Å². The summed E-state index contributed by atoms with van der Waals surface area (Å²) in [5.41, 5.74) is 4.13. The molecule has 1 saturated heterocycles. The number of methoxy groups -OCH3 is 1. The van der Waals surface area contributed by atoms with Crippen molar-refractivity contribution in [2.24, 2.45) is 0 Å². The van der Waals surface area contributed by atoms with Crippen molar-refractivity contribution in [1.29, 1.82) is 0 Å². The van der Waals surface area contributed by atoms with E-state index in [9.17, 15) is 9.59 Å². The molecule has 1 N–H and O–H groups in total. The van der Waals surface area contributed by atoms with Gasteiger partial charge in [-0.25, -0.2) is 0 Å². The summed E-state index contributed by atoms with van der Waals surface area (Å²) in [6.45, 7) is 4.88. The molecule has 0 saturated carbocycles. The summed E-state index contributed by atoms with van der Waals surface area (Å²) in [6, 6.07) is 22.6. The van der Waals surface area contributed by atoms with E-state index in [1.807, 2.05) is 60.4 Å². The predicted molar refractivity (Wildman–Crippen MR) is 127 cm³/mol. The number of aryl methyl sites for hydroxylation is 1. The molecule has 6 heteroatoms. The average Bonchev–Trinajstić information content (AvgIpc) is 2.84. The highest BCUT2D eigenvalue weighted by Crippen LogP contribution is 2.22. The number of rotatable bonds is 5. The topological polar surface area (TPSA) is 61.9 Å². The molecule has 32 heavy (non-hydrogen) atoms. The standard InChI is InChI=1S/C26H27N3O3/c1-19-6-3-4-9-24(19)26(31)29-16-14-28(15-17-29)22-12-10-21(11-13-22)27-25(30)20-7-5-8-23(18-20)32-2/h3-13,18H,14-17H2,1-2H3,(H,27,30). The van der Waals surface area contributed by atoms with E-state index in [4.69, 9.17) is 4.74 Å². The van der Waals surface area contributed by atoms with Gasteiger partial charge in [-0.05, 0) is 61.0 Å². The normalized spacial score (nSPS) is 13.6. The molecule has 0 bridgehead atoms. The molecular formula is C26H27N3O3. The monoisotopic (exact) mass is 429 g/mol. The number of piperazine rings is 1. The number of nitrogens with zero attached hydrogens (tertiary/aromatic N) is 2. The maximum atomic E-state index is 12.8. The first-order valence-corrected chi connectivity index (χ1v) is 10.7. The van der Waals surface area contributed by atoms with Crippen LogP contribution in [0.5, 0.6) is 5.75 Å². The number of ether oxygens (including phenoxy) is 1. The summed E-state index contributed by atoms with van der Waals surface area (Å²) in [6.07, 6.45) is 0. The van der Waals surface area contributed by atoms with Crippen molar-refractivity contribution in [1.82, 2.24) is 4.90 Å². The summed E-state index contributed by atoms with van der Waals surface area (Å²) in [7, 11) is 1.58. The number of nitrogens with one attached hydrogen (secondary N) is 1. The lowest BCUT2D eigenvalue weighted by atomic mass is 10.1. The van der Waals surface area contributed by atoms with E-state index in [1.54, 1.807) is 31.4 Å². The number of hydrogen-bond acceptors (Lipinski definition) is 4. The molecule has 4 rings (SSSR count). The maximum Gasteiger partial charge on any atom is 0.255 e. The molecule has 0 aromatic heterocycles. The number of carbonyl (C=O) groups excluding carboxylic acids is 2. The zero-order valence-corrected chi connectivity index (χ0v) is 18.4.